The molecule has 2 aliphatic heterocycles. The number of ether oxygens (including phenoxy) is 3. The van der Waals surface area contributed by atoms with Crippen molar-refractivity contribution in [3.8, 4) is 5.75 Å². The number of para-hydroxylation sites is 1. The maximum absolute atomic E-state index is 13.1. The number of hydrogen-bond acceptors (Lipinski definition) is 5. The summed E-state index contributed by atoms with van der Waals surface area (Å²) >= 11 is 0. The summed E-state index contributed by atoms with van der Waals surface area (Å²) in [5, 5.41) is 2.92. The number of likely N-dealkylation sites (tertiary alicyclic amines) is 1. The Hall–Kier alpha value is -3.22. The molecule has 0 aliphatic carbocycles. The lowest BCUT2D eigenvalue weighted by Crippen LogP contribution is -2.50. The lowest BCUT2D eigenvalue weighted by molar-refractivity contribution is 0.00491. The molecule has 2 unspecified atom stereocenters. The van der Waals surface area contributed by atoms with Crippen LogP contribution in [0.5, 0.6) is 5.75 Å². The van der Waals surface area contributed by atoms with Crippen LogP contribution in [0.15, 0.2) is 60.7 Å². The number of nitrogens with one attached hydrogen (secondary N) is 1. The molecule has 4 rings (SSSR count). The fourth-order valence-electron chi connectivity index (χ4n) is 4.30. The van der Waals surface area contributed by atoms with E-state index in [0.29, 0.717) is 19.4 Å². The number of amides is 2. The molecular weight excluding hydrogens is 408 g/mol. The molecule has 7 nitrogen and oxygen atoms in total. The van der Waals surface area contributed by atoms with E-state index in [-0.39, 0.29) is 18.2 Å². The number of benzene rings is 2. The van der Waals surface area contributed by atoms with Crippen molar-refractivity contribution in [1.82, 2.24) is 10.2 Å². The smallest absolute Gasteiger partial charge is 0.410 e. The van der Waals surface area contributed by atoms with Gasteiger partial charge in [-0.1, -0.05) is 48.5 Å². The van der Waals surface area contributed by atoms with Crippen molar-refractivity contribution in [1.29, 1.82) is 0 Å². The standard InChI is InChI=1S/C25H30N2O5/c1-25(2,3)32-24(29)27-16-19(30-18-12-8-5-9-13-18)15-21(27)22-20(26-23(28)31-22)14-17-10-6-4-7-11-17/h4-13,19-22H,14-16H2,1-3H3,(H,26,28)/t19?,20-,21?,22-/m0/s1. The molecule has 0 spiro atoms. The second-order valence-corrected chi connectivity index (χ2v) is 9.30. The van der Waals surface area contributed by atoms with Crippen LogP contribution in [0.4, 0.5) is 9.59 Å². The average molecular weight is 439 g/mol. The van der Waals surface area contributed by atoms with Crippen LogP contribution in [0.2, 0.25) is 0 Å². The molecule has 0 aromatic heterocycles. The van der Waals surface area contributed by atoms with Gasteiger partial charge in [0, 0.05) is 6.42 Å². The van der Waals surface area contributed by atoms with Gasteiger partial charge >= 0.3 is 12.2 Å². The third kappa shape index (κ3) is 5.33. The Morgan fingerprint density at radius 1 is 1.09 bits per heavy atom. The second-order valence-electron chi connectivity index (χ2n) is 9.30. The molecule has 2 saturated heterocycles. The number of hydrogen-bond donors (Lipinski definition) is 1. The van der Waals surface area contributed by atoms with Crippen LogP contribution < -0.4 is 10.1 Å². The summed E-state index contributed by atoms with van der Waals surface area (Å²) < 4.78 is 17.5. The second kappa shape index (κ2) is 9.10. The quantitative estimate of drug-likeness (QED) is 0.758. The molecule has 2 heterocycles. The third-order valence-electron chi connectivity index (χ3n) is 5.60. The Morgan fingerprint density at radius 2 is 1.75 bits per heavy atom. The predicted octanol–water partition coefficient (Wildman–Crippen LogP) is 4.16. The van der Waals surface area contributed by atoms with Crippen LogP contribution in [-0.4, -0.2) is 53.5 Å². The number of carbonyl (C=O) groups is 2. The minimum atomic E-state index is -0.631. The summed E-state index contributed by atoms with van der Waals surface area (Å²) in [6.45, 7) is 5.87. The van der Waals surface area contributed by atoms with E-state index in [1.165, 1.54) is 0 Å². The molecule has 2 aromatic rings. The Labute approximate surface area is 188 Å². The molecule has 0 radical (unpaired) electrons. The van der Waals surface area contributed by atoms with Gasteiger partial charge in [-0.05, 0) is 44.9 Å². The van der Waals surface area contributed by atoms with Crippen molar-refractivity contribution in [2.45, 2.75) is 63.5 Å². The molecule has 0 bridgehead atoms. The highest BCUT2D eigenvalue weighted by molar-refractivity contribution is 5.72. The average Bonchev–Trinajstić information content (AvgIpc) is 3.31. The molecule has 32 heavy (non-hydrogen) atoms. The maximum Gasteiger partial charge on any atom is 0.410 e. The number of carbonyl (C=O) groups excluding carboxylic acids is 2. The van der Waals surface area contributed by atoms with Crippen LogP contribution >= 0.6 is 0 Å². The monoisotopic (exact) mass is 438 g/mol. The van der Waals surface area contributed by atoms with Crippen molar-refractivity contribution < 1.29 is 23.8 Å². The number of rotatable bonds is 5. The summed E-state index contributed by atoms with van der Waals surface area (Å²) in [5.74, 6) is 0.740. The van der Waals surface area contributed by atoms with Crippen molar-refractivity contribution in [3.05, 3.63) is 66.2 Å². The summed E-state index contributed by atoms with van der Waals surface area (Å²) in [6, 6.07) is 18.8. The number of alkyl carbamates (subject to hydrolysis) is 1. The number of cyclic esters (lactones) is 1. The van der Waals surface area contributed by atoms with Crippen LogP contribution in [0.3, 0.4) is 0 Å². The van der Waals surface area contributed by atoms with Crippen molar-refractivity contribution in [2.75, 3.05) is 6.54 Å². The zero-order valence-electron chi connectivity index (χ0n) is 18.7. The Morgan fingerprint density at radius 3 is 2.41 bits per heavy atom. The molecule has 2 fully saturated rings. The fraction of sp³-hybridized carbons (Fsp3) is 0.440. The van der Waals surface area contributed by atoms with Gasteiger partial charge in [0.2, 0.25) is 0 Å². The molecule has 4 atom stereocenters. The molecule has 2 amide bonds. The van der Waals surface area contributed by atoms with Gasteiger partial charge in [-0.15, -0.1) is 0 Å². The van der Waals surface area contributed by atoms with Crippen molar-refractivity contribution in [2.24, 2.45) is 0 Å². The first-order valence-electron chi connectivity index (χ1n) is 11.0. The van der Waals surface area contributed by atoms with Gasteiger partial charge in [-0.25, -0.2) is 9.59 Å². The van der Waals surface area contributed by atoms with E-state index in [0.717, 1.165) is 11.3 Å². The Bertz CT molecular complexity index is 928. The van der Waals surface area contributed by atoms with Gasteiger partial charge in [0.1, 0.15) is 23.6 Å². The van der Waals surface area contributed by atoms with E-state index < -0.39 is 23.9 Å². The SMILES string of the molecule is CC(C)(C)OC(=O)N1CC(Oc2ccccc2)CC1[C@H]1OC(=O)N[C@H]1Cc1ccccc1. The molecular formula is C25H30N2O5. The normalized spacial score (nSPS) is 25.2. The van der Waals surface area contributed by atoms with Crippen LogP contribution in [-0.2, 0) is 15.9 Å². The zero-order valence-corrected chi connectivity index (χ0v) is 18.7. The van der Waals surface area contributed by atoms with Crippen molar-refractivity contribution >= 4 is 12.2 Å². The lowest BCUT2D eigenvalue weighted by Gasteiger charge is -2.32. The summed E-state index contributed by atoms with van der Waals surface area (Å²) in [5.41, 5.74) is 0.459. The van der Waals surface area contributed by atoms with E-state index in [4.69, 9.17) is 14.2 Å². The highest BCUT2D eigenvalue weighted by atomic mass is 16.6. The highest BCUT2D eigenvalue weighted by Gasteiger charge is 2.49. The summed E-state index contributed by atoms with van der Waals surface area (Å²) in [7, 11) is 0. The van der Waals surface area contributed by atoms with E-state index >= 15 is 0 Å². The third-order valence-corrected chi connectivity index (χ3v) is 5.60. The highest BCUT2D eigenvalue weighted by Crippen LogP contribution is 2.31. The topological polar surface area (TPSA) is 77.1 Å². The summed E-state index contributed by atoms with van der Waals surface area (Å²) in [4.78, 5) is 26.9. The first kappa shape index (κ1) is 22.0. The van der Waals surface area contributed by atoms with E-state index in [9.17, 15) is 9.59 Å². The van der Waals surface area contributed by atoms with E-state index in [1.54, 1.807) is 4.90 Å². The minimum absolute atomic E-state index is 0.230. The molecule has 2 aromatic carbocycles. The van der Waals surface area contributed by atoms with Gasteiger partial charge in [-0.2, -0.15) is 0 Å². The first-order chi connectivity index (χ1) is 15.3. The van der Waals surface area contributed by atoms with Gasteiger partial charge < -0.3 is 19.5 Å². The maximum atomic E-state index is 13.1. The summed E-state index contributed by atoms with van der Waals surface area (Å²) in [6.07, 6.45) is -0.471. The van der Waals surface area contributed by atoms with Crippen LogP contribution in [0.25, 0.3) is 0 Å². The first-order valence-corrected chi connectivity index (χ1v) is 11.0. The lowest BCUT2D eigenvalue weighted by atomic mass is 9.95. The zero-order chi connectivity index (χ0) is 22.7. The van der Waals surface area contributed by atoms with Gasteiger partial charge in [0.05, 0.1) is 18.6 Å². The molecule has 2 aliphatic rings. The molecule has 1 N–H and O–H groups in total. The Kier molecular flexibility index (Phi) is 6.26. The van der Waals surface area contributed by atoms with Crippen LogP contribution in [0, 0.1) is 0 Å². The largest absolute Gasteiger partial charge is 0.489 e. The molecule has 0 saturated carbocycles. The number of nitrogens with zero attached hydrogens (tertiary/aromatic N) is 1. The van der Waals surface area contributed by atoms with E-state index in [1.807, 2.05) is 81.4 Å². The predicted molar refractivity (Wildman–Crippen MR) is 120 cm³/mol. The fourth-order valence-corrected chi connectivity index (χ4v) is 4.30. The molecule has 7 heteroatoms. The van der Waals surface area contributed by atoms with Crippen LogP contribution in [0.1, 0.15) is 32.8 Å². The van der Waals surface area contributed by atoms with Gasteiger partial charge in [-0.3, -0.25) is 4.90 Å². The Balaban J connectivity index is 1.55. The van der Waals surface area contributed by atoms with E-state index in [2.05, 4.69) is 5.32 Å². The molecule has 170 valence electrons. The minimum Gasteiger partial charge on any atom is -0.489 e. The van der Waals surface area contributed by atoms with Gasteiger partial charge in [0.25, 0.3) is 0 Å². The van der Waals surface area contributed by atoms with Crippen molar-refractivity contribution in [3.63, 3.8) is 0 Å². The van der Waals surface area contributed by atoms with Gasteiger partial charge in [0.15, 0.2) is 0 Å².